The molecule has 3 heteroatoms. The molecule has 0 fully saturated rings. The number of phenols is 1. The lowest BCUT2D eigenvalue weighted by atomic mass is 9.99. The third kappa shape index (κ3) is 2.72. The number of phenolic OH excluding ortho intramolecular Hbond substituents is 1. The normalized spacial score (nSPS) is 10.1. The summed E-state index contributed by atoms with van der Waals surface area (Å²) in [6.07, 6.45) is 1.03. The molecule has 0 amide bonds. The zero-order valence-electron chi connectivity index (χ0n) is 9.33. The maximum atomic E-state index is 11.0. The van der Waals surface area contributed by atoms with Crippen molar-refractivity contribution in [2.75, 3.05) is 7.11 Å². The lowest BCUT2D eigenvalue weighted by Crippen LogP contribution is -2.03. The van der Waals surface area contributed by atoms with Gasteiger partial charge in [0.25, 0.3) is 0 Å². The Morgan fingerprint density at radius 2 is 2.00 bits per heavy atom. The molecular formula is C12H16O3. The third-order valence-electron chi connectivity index (χ3n) is 2.70. The van der Waals surface area contributed by atoms with Crippen LogP contribution in [0.2, 0.25) is 0 Å². The number of rotatable bonds is 3. The topological polar surface area (TPSA) is 46.5 Å². The molecule has 0 unspecified atom stereocenters. The first-order valence-corrected chi connectivity index (χ1v) is 4.91. The Morgan fingerprint density at radius 1 is 1.33 bits per heavy atom. The Balaban J connectivity index is 2.78. The molecule has 0 aliphatic carbocycles. The molecule has 0 radical (unpaired) electrons. The number of carbonyl (C=O) groups is 1. The standard InChI is InChI=1S/C12H16O3/c1-8-9(2)11(13)6-4-10(8)5-7-12(14)15-3/h4,6,13H,5,7H2,1-3H3. The minimum Gasteiger partial charge on any atom is -0.508 e. The summed E-state index contributed by atoms with van der Waals surface area (Å²) < 4.78 is 4.58. The second kappa shape index (κ2) is 4.82. The van der Waals surface area contributed by atoms with Crippen LogP contribution in [-0.4, -0.2) is 18.2 Å². The van der Waals surface area contributed by atoms with Gasteiger partial charge in [0.2, 0.25) is 0 Å². The van der Waals surface area contributed by atoms with E-state index in [1.807, 2.05) is 19.9 Å². The highest BCUT2D eigenvalue weighted by Gasteiger charge is 2.07. The molecule has 0 heterocycles. The van der Waals surface area contributed by atoms with Crippen molar-refractivity contribution in [3.8, 4) is 5.75 Å². The van der Waals surface area contributed by atoms with E-state index in [1.54, 1.807) is 6.07 Å². The van der Waals surface area contributed by atoms with Crippen LogP contribution in [0.1, 0.15) is 23.1 Å². The van der Waals surface area contributed by atoms with Crippen molar-refractivity contribution in [2.24, 2.45) is 0 Å². The highest BCUT2D eigenvalue weighted by atomic mass is 16.5. The molecular weight excluding hydrogens is 192 g/mol. The molecule has 1 N–H and O–H groups in total. The predicted molar refractivity (Wildman–Crippen MR) is 57.9 cm³/mol. The summed E-state index contributed by atoms with van der Waals surface area (Å²) in [5.74, 6) is 0.0921. The molecule has 1 aromatic rings. The van der Waals surface area contributed by atoms with Crippen LogP contribution in [0.4, 0.5) is 0 Å². The van der Waals surface area contributed by atoms with Gasteiger partial charge in [-0.3, -0.25) is 4.79 Å². The van der Waals surface area contributed by atoms with Crippen molar-refractivity contribution in [1.29, 1.82) is 0 Å². The van der Waals surface area contributed by atoms with Crippen molar-refractivity contribution in [2.45, 2.75) is 26.7 Å². The van der Waals surface area contributed by atoms with Gasteiger partial charge in [-0.05, 0) is 43.0 Å². The number of carbonyl (C=O) groups excluding carboxylic acids is 1. The van der Waals surface area contributed by atoms with Crippen molar-refractivity contribution in [1.82, 2.24) is 0 Å². The van der Waals surface area contributed by atoms with Crippen LogP contribution in [0.15, 0.2) is 12.1 Å². The number of aromatic hydroxyl groups is 1. The third-order valence-corrected chi connectivity index (χ3v) is 2.70. The Labute approximate surface area is 89.7 Å². The van der Waals surface area contributed by atoms with Crippen molar-refractivity contribution >= 4 is 5.97 Å². The summed E-state index contributed by atoms with van der Waals surface area (Å²) in [6, 6.07) is 3.51. The second-order valence-electron chi connectivity index (χ2n) is 3.57. The second-order valence-corrected chi connectivity index (χ2v) is 3.57. The van der Waals surface area contributed by atoms with Crippen LogP contribution in [0.5, 0.6) is 5.75 Å². The largest absolute Gasteiger partial charge is 0.508 e. The van der Waals surface area contributed by atoms with E-state index < -0.39 is 0 Å². The summed E-state index contributed by atoms with van der Waals surface area (Å²) >= 11 is 0. The zero-order chi connectivity index (χ0) is 11.4. The van der Waals surface area contributed by atoms with Crippen molar-refractivity contribution in [3.63, 3.8) is 0 Å². The molecule has 1 rings (SSSR count). The van der Waals surface area contributed by atoms with E-state index in [4.69, 9.17) is 0 Å². The van der Waals surface area contributed by atoms with Crippen LogP contribution < -0.4 is 0 Å². The lowest BCUT2D eigenvalue weighted by molar-refractivity contribution is -0.140. The maximum absolute atomic E-state index is 11.0. The molecule has 15 heavy (non-hydrogen) atoms. The molecule has 0 spiro atoms. The number of hydrogen-bond acceptors (Lipinski definition) is 3. The summed E-state index contributed by atoms with van der Waals surface area (Å²) in [4.78, 5) is 11.0. The fourth-order valence-electron chi connectivity index (χ4n) is 1.47. The van der Waals surface area contributed by atoms with Gasteiger partial charge in [0.1, 0.15) is 5.75 Å². The fraction of sp³-hybridized carbons (Fsp3) is 0.417. The molecule has 0 aliphatic rings. The van der Waals surface area contributed by atoms with Gasteiger partial charge in [0.05, 0.1) is 7.11 Å². The van der Waals surface area contributed by atoms with E-state index in [1.165, 1.54) is 7.11 Å². The van der Waals surface area contributed by atoms with E-state index in [-0.39, 0.29) is 5.97 Å². The van der Waals surface area contributed by atoms with E-state index in [0.29, 0.717) is 18.6 Å². The zero-order valence-corrected chi connectivity index (χ0v) is 9.33. The summed E-state index contributed by atoms with van der Waals surface area (Å²) in [5, 5.41) is 9.46. The number of benzene rings is 1. The van der Waals surface area contributed by atoms with E-state index in [2.05, 4.69) is 4.74 Å². The molecule has 0 aromatic heterocycles. The Kier molecular flexibility index (Phi) is 3.72. The van der Waals surface area contributed by atoms with Crippen LogP contribution in [0, 0.1) is 13.8 Å². The van der Waals surface area contributed by atoms with E-state index >= 15 is 0 Å². The van der Waals surface area contributed by atoms with E-state index in [0.717, 1.165) is 16.7 Å². The van der Waals surface area contributed by atoms with Gasteiger partial charge < -0.3 is 9.84 Å². The minimum atomic E-state index is -0.208. The molecule has 3 nitrogen and oxygen atoms in total. The Bertz CT molecular complexity index is 369. The Hall–Kier alpha value is -1.51. The Morgan fingerprint density at radius 3 is 2.60 bits per heavy atom. The predicted octanol–water partition coefficient (Wildman–Crippen LogP) is 2.11. The number of methoxy groups -OCH3 is 1. The van der Waals surface area contributed by atoms with Gasteiger partial charge in [-0.1, -0.05) is 6.07 Å². The van der Waals surface area contributed by atoms with Crippen LogP contribution in [-0.2, 0) is 16.0 Å². The lowest BCUT2D eigenvalue weighted by Gasteiger charge is -2.09. The number of ether oxygens (including phenoxy) is 1. The van der Waals surface area contributed by atoms with Crippen molar-refractivity contribution in [3.05, 3.63) is 28.8 Å². The highest BCUT2D eigenvalue weighted by Crippen LogP contribution is 2.23. The average Bonchev–Trinajstić information content (AvgIpc) is 2.24. The van der Waals surface area contributed by atoms with Crippen LogP contribution in [0.25, 0.3) is 0 Å². The quantitative estimate of drug-likeness (QED) is 0.774. The molecule has 1 aromatic carbocycles. The van der Waals surface area contributed by atoms with Crippen molar-refractivity contribution < 1.29 is 14.6 Å². The smallest absolute Gasteiger partial charge is 0.305 e. The van der Waals surface area contributed by atoms with Gasteiger partial charge in [-0.15, -0.1) is 0 Å². The van der Waals surface area contributed by atoms with E-state index in [9.17, 15) is 9.90 Å². The molecule has 0 bridgehead atoms. The monoisotopic (exact) mass is 208 g/mol. The number of aryl methyl sites for hydroxylation is 1. The molecule has 0 saturated carbocycles. The molecule has 0 atom stereocenters. The molecule has 0 saturated heterocycles. The number of esters is 1. The fourth-order valence-corrected chi connectivity index (χ4v) is 1.47. The van der Waals surface area contributed by atoms with Gasteiger partial charge in [0.15, 0.2) is 0 Å². The first-order valence-electron chi connectivity index (χ1n) is 4.91. The summed E-state index contributed by atoms with van der Waals surface area (Å²) in [7, 11) is 1.39. The minimum absolute atomic E-state index is 0.208. The van der Waals surface area contributed by atoms with Crippen LogP contribution in [0.3, 0.4) is 0 Å². The first kappa shape index (κ1) is 11.6. The SMILES string of the molecule is COC(=O)CCc1ccc(O)c(C)c1C. The summed E-state index contributed by atoms with van der Waals surface area (Å²) in [6.45, 7) is 3.81. The average molecular weight is 208 g/mol. The summed E-state index contributed by atoms with van der Waals surface area (Å²) in [5.41, 5.74) is 2.99. The van der Waals surface area contributed by atoms with Gasteiger partial charge in [-0.25, -0.2) is 0 Å². The molecule has 0 aliphatic heterocycles. The highest BCUT2D eigenvalue weighted by molar-refractivity contribution is 5.69. The first-order chi connectivity index (χ1) is 7.06. The van der Waals surface area contributed by atoms with Crippen LogP contribution >= 0.6 is 0 Å². The van der Waals surface area contributed by atoms with Gasteiger partial charge in [0, 0.05) is 6.42 Å². The molecule has 82 valence electrons. The van der Waals surface area contributed by atoms with Gasteiger partial charge in [-0.2, -0.15) is 0 Å². The van der Waals surface area contributed by atoms with Gasteiger partial charge >= 0.3 is 5.97 Å². The maximum Gasteiger partial charge on any atom is 0.305 e. The number of hydrogen-bond donors (Lipinski definition) is 1.